The highest BCUT2D eigenvalue weighted by Gasteiger charge is 2.20. The summed E-state index contributed by atoms with van der Waals surface area (Å²) >= 11 is 12.2. The second-order valence-corrected chi connectivity index (χ2v) is 7.01. The number of carbonyl (C=O) groups is 1. The smallest absolute Gasteiger partial charge is 0.166 e. The molecule has 7 heteroatoms. The van der Waals surface area contributed by atoms with Crippen LogP contribution in [-0.4, -0.2) is 10.8 Å². The van der Waals surface area contributed by atoms with Crippen LogP contribution in [0.3, 0.4) is 0 Å². The highest BCUT2D eigenvalue weighted by molar-refractivity contribution is 6.36. The van der Waals surface area contributed by atoms with Gasteiger partial charge in [0, 0.05) is 27.9 Å². The minimum atomic E-state index is -0.682. The van der Waals surface area contributed by atoms with Gasteiger partial charge in [0.2, 0.25) is 0 Å². The molecule has 0 amide bonds. The second-order valence-electron chi connectivity index (χ2n) is 6.23. The molecule has 0 aliphatic heterocycles. The summed E-state index contributed by atoms with van der Waals surface area (Å²) in [6.45, 7) is 3.18. The molecule has 144 valence electrons. The van der Waals surface area contributed by atoms with Crippen LogP contribution in [0.5, 0.6) is 5.75 Å². The zero-order valence-electron chi connectivity index (χ0n) is 15.2. The van der Waals surface area contributed by atoms with Crippen LogP contribution in [0.15, 0.2) is 48.7 Å². The van der Waals surface area contributed by atoms with Crippen molar-refractivity contribution in [1.29, 1.82) is 0 Å². The largest absolute Gasteiger partial charge is 0.482 e. The average Bonchev–Trinajstić information content (AvgIpc) is 2.67. The van der Waals surface area contributed by atoms with Gasteiger partial charge in [-0.05, 0) is 37.6 Å². The van der Waals surface area contributed by atoms with Crippen LogP contribution < -0.4 is 10.5 Å². The molecule has 0 aliphatic rings. The van der Waals surface area contributed by atoms with E-state index >= 15 is 0 Å². The van der Waals surface area contributed by atoms with Crippen molar-refractivity contribution in [3.63, 3.8) is 0 Å². The maximum absolute atomic E-state index is 13.8. The van der Waals surface area contributed by atoms with Crippen molar-refractivity contribution < 1.29 is 13.9 Å². The number of nitrogens with zero attached hydrogens (tertiary/aromatic N) is 1. The molecule has 0 aliphatic carbocycles. The number of Topliss-reactive ketones (excluding diaryl/α,β-unsaturated/α-hetero) is 1. The lowest BCUT2D eigenvalue weighted by atomic mass is 9.98. The Hall–Kier alpha value is -2.63. The minimum absolute atomic E-state index is 0.0680. The Bertz CT molecular complexity index is 1060. The summed E-state index contributed by atoms with van der Waals surface area (Å²) in [5, 5.41) is 0.174. The lowest BCUT2D eigenvalue weighted by Crippen LogP contribution is -2.08. The third kappa shape index (κ3) is 3.96. The molecule has 0 saturated heterocycles. The number of halogens is 3. The predicted octanol–water partition coefficient (Wildman–Crippen LogP) is 6.12. The Morgan fingerprint density at radius 3 is 2.64 bits per heavy atom. The first-order chi connectivity index (χ1) is 13.3. The van der Waals surface area contributed by atoms with Crippen molar-refractivity contribution in [3.8, 4) is 16.9 Å². The number of pyridine rings is 1. The summed E-state index contributed by atoms with van der Waals surface area (Å²) in [5.74, 6) is -0.229. The molecule has 1 aromatic heterocycles. The molecule has 2 aromatic carbocycles. The fourth-order valence-corrected chi connectivity index (χ4v) is 3.58. The van der Waals surface area contributed by atoms with Gasteiger partial charge in [0.25, 0.3) is 0 Å². The first kappa shape index (κ1) is 20.1. The number of anilines is 1. The van der Waals surface area contributed by atoms with Gasteiger partial charge in [0.15, 0.2) is 17.4 Å². The number of rotatable bonds is 5. The van der Waals surface area contributed by atoms with Crippen molar-refractivity contribution in [3.05, 3.63) is 75.7 Å². The quantitative estimate of drug-likeness (QED) is 0.400. The number of benzene rings is 2. The summed E-state index contributed by atoms with van der Waals surface area (Å²) in [6.07, 6.45) is 0.884. The van der Waals surface area contributed by atoms with Crippen LogP contribution >= 0.6 is 23.2 Å². The Labute approximate surface area is 172 Å². The fourth-order valence-electron chi connectivity index (χ4n) is 2.90. The molecule has 0 bridgehead atoms. The second kappa shape index (κ2) is 8.17. The van der Waals surface area contributed by atoms with Crippen molar-refractivity contribution in [2.75, 3.05) is 5.73 Å². The average molecular weight is 419 g/mol. The molecule has 28 heavy (non-hydrogen) atoms. The van der Waals surface area contributed by atoms with Gasteiger partial charge >= 0.3 is 0 Å². The Morgan fingerprint density at radius 1 is 1.21 bits per heavy atom. The van der Waals surface area contributed by atoms with E-state index in [9.17, 15) is 9.18 Å². The molecule has 4 nitrogen and oxygen atoms in total. The summed E-state index contributed by atoms with van der Waals surface area (Å²) < 4.78 is 19.7. The Morgan fingerprint density at radius 2 is 1.93 bits per heavy atom. The number of nitrogens with two attached hydrogens (primary N) is 1. The molecule has 3 aromatic rings. The summed E-state index contributed by atoms with van der Waals surface area (Å²) in [4.78, 5) is 16.1. The van der Waals surface area contributed by atoms with Crippen molar-refractivity contribution >= 4 is 34.8 Å². The van der Waals surface area contributed by atoms with Gasteiger partial charge in [-0.1, -0.05) is 47.5 Å². The van der Waals surface area contributed by atoms with Gasteiger partial charge in [-0.25, -0.2) is 9.37 Å². The number of carbonyl (C=O) groups excluding carboxylic acids is 1. The number of aromatic nitrogens is 1. The van der Waals surface area contributed by atoms with Gasteiger partial charge in [-0.2, -0.15) is 0 Å². The number of hydrogen-bond donors (Lipinski definition) is 1. The first-order valence-electron chi connectivity index (χ1n) is 8.45. The number of nitrogen functional groups attached to an aromatic ring is 1. The van der Waals surface area contributed by atoms with Crippen LogP contribution in [0.25, 0.3) is 11.1 Å². The maximum atomic E-state index is 13.8. The third-order valence-electron chi connectivity index (χ3n) is 4.29. The standard InChI is InChI=1S/C21H17Cl2FN2O2/c1-11(27)14-5-3-4-6-15(14)13-9-18(21(25)26-10-13)28-12(2)19-16(22)7-8-17(24)20(19)23/h3-10,12H,1-2H3,(H2,25,26). The van der Waals surface area contributed by atoms with E-state index in [4.69, 9.17) is 33.7 Å². The van der Waals surface area contributed by atoms with Crippen molar-refractivity contribution in [2.45, 2.75) is 20.0 Å². The molecule has 1 unspecified atom stereocenters. The van der Waals surface area contributed by atoms with Gasteiger partial charge < -0.3 is 10.5 Å². The van der Waals surface area contributed by atoms with Crippen LogP contribution in [0, 0.1) is 5.82 Å². The van der Waals surface area contributed by atoms with Gasteiger partial charge in [-0.15, -0.1) is 0 Å². The zero-order valence-corrected chi connectivity index (χ0v) is 16.7. The van der Waals surface area contributed by atoms with E-state index in [0.29, 0.717) is 22.3 Å². The van der Waals surface area contributed by atoms with E-state index in [1.54, 1.807) is 31.3 Å². The van der Waals surface area contributed by atoms with E-state index in [-0.39, 0.29) is 27.4 Å². The zero-order chi connectivity index (χ0) is 20.4. The molecule has 2 N–H and O–H groups in total. The van der Waals surface area contributed by atoms with Crippen molar-refractivity contribution in [2.24, 2.45) is 0 Å². The molecule has 1 atom stereocenters. The molecule has 3 rings (SSSR count). The monoisotopic (exact) mass is 418 g/mol. The van der Waals surface area contributed by atoms with Gasteiger partial charge in [-0.3, -0.25) is 4.79 Å². The Balaban J connectivity index is 2.00. The van der Waals surface area contributed by atoms with Crippen molar-refractivity contribution in [1.82, 2.24) is 4.98 Å². The van der Waals surface area contributed by atoms with Crippen LogP contribution in [0.4, 0.5) is 10.2 Å². The Kier molecular flexibility index (Phi) is 5.87. The molecule has 0 spiro atoms. The molecular weight excluding hydrogens is 402 g/mol. The summed E-state index contributed by atoms with van der Waals surface area (Å²) in [7, 11) is 0. The number of ketones is 1. The minimum Gasteiger partial charge on any atom is -0.482 e. The van der Waals surface area contributed by atoms with Crippen LogP contribution in [0.1, 0.15) is 35.9 Å². The lowest BCUT2D eigenvalue weighted by Gasteiger charge is -2.19. The highest BCUT2D eigenvalue weighted by atomic mass is 35.5. The molecular formula is C21H17Cl2FN2O2. The topological polar surface area (TPSA) is 65.2 Å². The van der Waals surface area contributed by atoms with E-state index in [2.05, 4.69) is 4.98 Å². The van der Waals surface area contributed by atoms with E-state index in [1.165, 1.54) is 19.1 Å². The first-order valence-corrected chi connectivity index (χ1v) is 9.21. The summed E-state index contributed by atoms with van der Waals surface area (Å²) in [5.41, 5.74) is 8.21. The maximum Gasteiger partial charge on any atom is 0.166 e. The third-order valence-corrected chi connectivity index (χ3v) is 5.00. The van der Waals surface area contributed by atoms with E-state index in [1.807, 2.05) is 12.1 Å². The lowest BCUT2D eigenvalue weighted by molar-refractivity contribution is 0.101. The molecule has 1 heterocycles. The molecule has 0 saturated carbocycles. The highest BCUT2D eigenvalue weighted by Crippen LogP contribution is 2.37. The fraction of sp³-hybridized carbons (Fsp3) is 0.143. The van der Waals surface area contributed by atoms with Crippen LogP contribution in [0.2, 0.25) is 10.0 Å². The molecule has 0 radical (unpaired) electrons. The number of ether oxygens (including phenoxy) is 1. The van der Waals surface area contributed by atoms with Gasteiger partial charge in [0.1, 0.15) is 11.9 Å². The normalized spacial score (nSPS) is 11.9. The SMILES string of the molecule is CC(=O)c1ccccc1-c1cnc(N)c(OC(C)c2c(Cl)ccc(F)c2Cl)c1. The van der Waals surface area contributed by atoms with Gasteiger partial charge in [0.05, 0.1) is 5.02 Å². The number of hydrogen-bond acceptors (Lipinski definition) is 4. The van der Waals surface area contributed by atoms with E-state index in [0.717, 1.165) is 0 Å². The summed E-state index contributed by atoms with van der Waals surface area (Å²) in [6, 6.07) is 11.5. The predicted molar refractivity (Wildman–Crippen MR) is 110 cm³/mol. The molecule has 0 fully saturated rings. The van der Waals surface area contributed by atoms with Crippen LogP contribution in [-0.2, 0) is 0 Å². The van der Waals surface area contributed by atoms with E-state index < -0.39 is 11.9 Å².